The summed E-state index contributed by atoms with van der Waals surface area (Å²) in [6.45, 7) is 6.78. The summed E-state index contributed by atoms with van der Waals surface area (Å²) < 4.78 is 10.5. The molecule has 0 radical (unpaired) electrons. The van der Waals surface area contributed by atoms with Gasteiger partial charge in [0.2, 0.25) is 0 Å². The van der Waals surface area contributed by atoms with Crippen LogP contribution in [0.25, 0.3) is 0 Å². The van der Waals surface area contributed by atoms with Crippen LogP contribution in [0.1, 0.15) is 42.4 Å². The lowest BCUT2D eigenvalue weighted by atomic mass is 9.91. The van der Waals surface area contributed by atoms with Crippen LogP contribution in [-0.2, 0) is 11.8 Å². The van der Waals surface area contributed by atoms with E-state index in [1.54, 1.807) is 26.5 Å². The van der Waals surface area contributed by atoms with Crippen LogP contribution in [0.15, 0.2) is 36.5 Å². The van der Waals surface area contributed by atoms with Crippen molar-refractivity contribution in [2.75, 3.05) is 20.8 Å². The SMILES string of the molecule is COc1ccc(CCNC(=O)c2ccnc(C(C)(C)C)c2)cc1OC. The minimum Gasteiger partial charge on any atom is -0.493 e. The third-order valence-electron chi connectivity index (χ3n) is 3.94. The highest BCUT2D eigenvalue weighted by molar-refractivity contribution is 5.94. The highest BCUT2D eigenvalue weighted by atomic mass is 16.5. The molecule has 2 aromatic rings. The Hall–Kier alpha value is -2.56. The highest BCUT2D eigenvalue weighted by Crippen LogP contribution is 2.27. The van der Waals surface area contributed by atoms with E-state index in [1.165, 1.54) is 0 Å². The first-order valence-corrected chi connectivity index (χ1v) is 8.31. The third-order valence-corrected chi connectivity index (χ3v) is 3.94. The van der Waals surface area contributed by atoms with Crippen LogP contribution in [0.2, 0.25) is 0 Å². The largest absolute Gasteiger partial charge is 0.493 e. The Labute approximate surface area is 149 Å². The van der Waals surface area contributed by atoms with Gasteiger partial charge in [-0.25, -0.2) is 0 Å². The number of pyridine rings is 1. The number of nitrogens with zero attached hydrogens (tertiary/aromatic N) is 1. The lowest BCUT2D eigenvalue weighted by Gasteiger charge is -2.18. The molecule has 0 spiro atoms. The van der Waals surface area contributed by atoms with E-state index in [9.17, 15) is 4.79 Å². The van der Waals surface area contributed by atoms with Gasteiger partial charge in [-0.15, -0.1) is 0 Å². The van der Waals surface area contributed by atoms with Crippen molar-refractivity contribution < 1.29 is 14.3 Å². The fourth-order valence-corrected chi connectivity index (χ4v) is 2.44. The smallest absolute Gasteiger partial charge is 0.251 e. The second-order valence-electron chi connectivity index (χ2n) is 6.87. The molecule has 0 saturated carbocycles. The third kappa shape index (κ3) is 4.95. The van der Waals surface area contributed by atoms with Gasteiger partial charge >= 0.3 is 0 Å². The van der Waals surface area contributed by atoms with Crippen molar-refractivity contribution in [2.45, 2.75) is 32.6 Å². The maximum atomic E-state index is 12.4. The molecule has 0 bridgehead atoms. The Morgan fingerprint density at radius 1 is 1.08 bits per heavy atom. The Balaban J connectivity index is 1.97. The molecule has 0 aliphatic heterocycles. The van der Waals surface area contributed by atoms with Crippen molar-refractivity contribution in [3.63, 3.8) is 0 Å². The van der Waals surface area contributed by atoms with Crippen molar-refractivity contribution in [1.29, 1.82) is 0 Å². The van der Waals surface area contributed by atoms with Gasteiger partial charge in [0.1, 0.15) is 0 Å². The minimum absolute atomic E-state index is 0.0874. The van der Waals surface area contributed by atoms with Gasteiger partial charge in [0.05, 0.1) is 14.2 Å². The summed E-state index contributed by atoms with van der Waals surface area (Å²) in [5, 5.41) is 2.95. The summed E-state index contributed by atoms with van der Waals surface area (Å²) in [5.74, 6) is 1.30. The number of hydrogen-bond acceptors (Lipinski definition) is 4. The lowest BCUT2D eigenvalue weighted by molar-refractivity contribution is 0.0954. The van der Waals surface area contributed by atoms with Crippen LogP contribution >= 0.6 is 0 Å². The number of aromatic nitrogens is 1. The number of nitrogens with one attached hydrogen (secondary N) is 1. The van der Waals surface area contributed by atoms with Crippen LogP contribution in [0.3, 0.4) is 0 Å². The normalized spacial score (nSPS) is 11.1. The van der Waals surface area contributed by atoms with E-state index in [2.05, 4.69) is 31.1 Å². The quantitative estimate of drug-likeness (QED) is 0.874. The highest BCUT2D eigenvalue weighted by Gasteiger charge is 2.17. The lowest BCUT2D eigenvalue weighted by Crippen LogP contribution is -2.26. The van der Waals surface area contributed by atoms with E-state index in [0.717, 1.165) is 11.3 Å². The minimum atomic E-state index is -0.0895. The van der Waals surface area contributed by atoms with Crippen molar-refractivity contribution in [3.05, 3.63) is 53.3 Å². The molecule has 0 saturated heterocycles. The Kier molecular flexibility index (Phi) is 6.02. The molecule has 5 heteroatoms. The predicted molar refractivity (Wildman–Crippen MR) is 98.5 cm³/mol. The number of benzene rings is 1. The molecular formula is C20H26N2O3. The second kappa shape index (κ2) is 8.01. The maximum Gasteiger partial charge on any atom is 0.251 e. The van der Waals surface area contributed by atoms with Gasteiger partial charge < -0.3 is 14.8 Å². The number of hydrogen-bond donors (Lipinski definition) is 1. The molecule has 1 aromatic heterocycles. The molecule has 1 amide bonds. The number of carbonyl (C=O) groups is 1. The molecule has 0 atom stereocenters. The fourth-order valence-electron chi connectivity index (χ4n) is 2.44. The summed E-state index contributed by atoms with van der Waals surface area (Å²) in [4.78, 5) is 16.7. The van der Waals surface area contributed by atoms with Gasteiger partial charge in [0.25, 0.3) is 5.91 Å². The summed E-state index contributed by atoms with van der Waals surface area (Å²) >= 11 is 0. The molecule has 1 aromatic carbocycles. The van der Waals surface area contributed by atoms with E-state index in [4.69, 9.17) is 9.47 Å². The first kappa shape index (κ1) is 18.8. The van der Waals surface area contributed by atoms with Gasteiger partial charge in [-0.05, 0) is 36.2 Å². The van der Waals surface area contributed by atoms with Crippen LogP contribution < -0.4 is 14.8 Å². The topological polar surface area (TPSA) is 60.5 Å². The Bertz CT molecular complexity index is 736. The van der Waals surface area contributed by atoms with Gasteiger partial charge in [-0.3, -0.25) is 9.78 Å². The molecule has 25 heavy (non-hydrogen) atoms. The number of amides is 1. The molecule has 0 fully saturated rings. The van der Waals surface area contributed by atoms with Crippen LogP contribution in [0.5, 0.6) is 11.5 Å². The number of methoxy groups -OCH3 is 2. The summed E-state index contributed by atoms with van der Waals surface area (Å²) in [7, 11) is 3.22. The van der Waals surface area contributed by atoms with Gasteiger partial charge in [-0.1, -0.05) is 26.8 Å². The first-order chi connectivity index (χ1) is 11.8. The van der Waals surface area contributed by atoms with Crippen LogP contribution in [0.4, 0.5) is 0 Å². The first-order valence-electron chi connectivity index (χ1n) is 8.31. The van der Waals surface area contributed by atoms with E-state index < -0.39 is 0 Å². The average Bonchev–Trinajstić information content (AvgIpc) is 2.60. The zero-order valence-electron chi connectivity index (χ0n) is 15.6. The van der Waals surface area contributed by atoms with Crippen molar-refractivity contribution in [3.8, 4) is 11.5 Å². The van der Waals surface area contributed by atoms with Gasteiger partial charge in [0.15, 0.2) is 11.5 Å². The number of ether oxygens (including phenoxy) is 2. The van der Waals surface area contributed by atoms with Crippen molar-refractivity contribution >= 4 is 5.91 Å². The van der Waals surface area contributed by atoms with Crippen LogP contribution in [-0.4, -0.2) is 31.7 Å². The monoisotopic (exact) mass is 342 g/mol. The molecular weight excluding hydrogens is 316 g/mol. The Morgan fingerprint density at radius 3 is 2.44 bits per heavy atom. The zero-order valence-corrected chi connectivity index (χ0v) is 15.6. The number of rotatable bonds is 6. The molecule has 1 heterocycles. The van der Waals surface area contributed by atoms with Gasteiger partial charge in [-0.2, -0.15) is 0 Å². The van der Waals surface area contributed by atoms with E-state index >= 15 is 0 Å². The molecule has 134 valence electrons. The summed E-state index contributed by atoms with van der Waals surface area (Å²) in [5.41, 5.74) is 2.52. The molecule has 0 unspecified atom stereocenters. The summed E-state index contributed by atoms with van der Waals surface area (Å²) in [6, 6.07) is 9.36. The summed E-state index contributed by atoms with van der Waals surface area (Å²) in [6.07, 6.45) is 2.40. The van der Waals surface area contributed by atoms with Crippen molar-refractivity contribution in [1.82, 2.24) is 10.3 Å². The van der Waals surface area contributed by atoms with E-state index in [-0.39, 0.29) is 11.3 Å². The van der Waals surface area contributed by atoms with Crippen molar-refractivity contribution in [2.24, 2.45) is 0 Å². The molecule has 0 aliphatic rings. The zero-order chi connectivity index (χ0) is 18.4. The fraction of sp³-hybridized carbons (Fsp3) is 0.400. The molecule has 2 rings (SSSR count). The molecule has 1 N–H and O–H groups in total. The van der Waals surface area contributed by atoms with Crippen LogP contribution in [0, 0.1) is 0 Å². The van der Waals surface area contributed by atoms with E-state index in [1.807, 2.05) is 24.3 Å². The second-order valence-corrected chi connectivity index (χ2v) is 6.87. The molecule has 5 nitrogen and oxygen atoms in total. The standard InChI is InChI=1S/C20H26N2O3/c1-20(2,3)18-13-15(9-11-21-18)19(23)22-10-8-14-6-7-16(24-4)17(12-14)25-5/h6-7,9,11-13H,8,10H2,1-5H3,(H,22,23). The number of carbonyl (C=O) groups excluding carboxylic acids is 1. The average molecular weight is 342 g/mol. The van der Waals surface area contributed by atoms with Gasteiger partial charge in [0, 0.05) is 29.4 Å². The maximum absolute atomic E-state index is 12.4. The Morgan fingerprint density at radius 2 is 1.80 bits per heavy atom. The van der Waals surface area contributed by atoms with E-state index in [0.29, 0.717) is 30.0 Å². The molecule has 0 aliphatic carbocycles. The predicted octanol–water partition coefficient (Wildman–Crippen LogP) is 3.37.